The fourth-order valence-corrected chi connectivity index (χ4v) is 3.96. The van der Waals surface area contributed by atoms with Gasteiger partial charge in [0.25, 0.3) is 0 Å². The number of carbonyl (C=O) groups excluding carboxylic acids is 4. The van der Waals surface area contributed by atoms with Gasteiger partial charge in [0, 0.05) is 32.3 Å². The highest BCUT2D eigenvalue weighted by atomic mass is 16.2. The summed E-state index contributed by atoms with van der Waals surface area (Å²) < 4.78 is 0. The highest BCUT2D eigenvalue weighted by molar-refractivity contribution is 5.93. The number of likely N-dealkylation sites (N-methyl/N-ethyl adjacent to an activating group) is 2. The molecule has 8 nitrogen and oxygen atoms in total. The number of likely N-dealkylation sites (tertiary alicyclic amines) is 1. The molecule has 37 heavy (non-hydrogen) atoms. The lowest BCUT2D eigenvalue weighted by molar-refractivity contribution is -0.138. The second kappa shape index (κ2) is 21.8. The Bertz CT molecular complexity index is 687. The smallest absolute Gasteiger partial charge is 0.249 e. The number of hydrogen-bond donors (Lipinski definition) is 1. The van der Waals surface area contributed by atoms with E-state index in [0.29, 0.717) is 12.1 Å². The second-order valence-electron chi connectivity index (χ2n) is 10.1. The van der Waals surface area contributed by atoms with Crippen LogP contribution in [0.5, 0.6) is 0 Å². The molecule has 0 radical (unpaired) electrons. The fourth-order valence-electron chi connectivity index (χ4n) is 3.96. The number of amides is 3. The summed E-state index contributed by atoms with van der Waals surface area (Å²) in [5, 5.41) is 2.99. The molecule has 1 N–H and O–H groups in total. The Balaban J connectivity index is 0. The van der Waals surface area contributed by atoms with Crippen molar-refractivity contribution in [2.24, 2.45) is 5.92 Å². The quantitative estimate of drug-likeness (QED) is 0.322. The van der Waals surface area contributed by atoms with E-state index in [1.165, 1.54) is 13.3 Å². The highest BCUT2D eigenvalue weighted by Gasteiger charge is 2.32. The van der Waals surface area contributed by atoms with Crippen molar-refractivity contribution in [3.8, 4) is 0 Å². The SMILES string of the molecule is CC=O.CCC.CCCN(CCC)C(=O)/C(C)=C/CN(C)C(=O)C(NC(=O)C1CCCCN1C)C(C)C. The van der Waals surface area contributed by atoms with Crippen molar-refractivity contribution in [1.29, 1.82) is 0 Å². The van der Waals surface area contributed by atoms with Crippen LogP contribution in [0.15, 0.2) is 11.6 Å². The summed E-state index contributed by atoms with van der Waals surface area (Å²) in [6, 6.07) is -0.745. The lowest BCUT2D eigenvalue weighted by atomic mass is 9.99. The molecule has 0 bridgehead atoms. The van der Waals surface area contributed by atoms with Gasteiger partial charge in [0.05, 0.1) is 6.04 Å². The third kappa shape index (κ3) is 14.9. The maximum atomic E-state index is 13.1. The first-order valence-electron chi connectivity index (χ1n) is 14.1. The summed E-state index contributed by atoms with van der Waals surface area (Å²) >= 11 is 0. The molecule has 0 aromatic rings. The lowest BCUT2D eigenvalue weighted by Crippen LogP contribution is -2.56. The van der Waals surface area contributed by atoms with E-state index in [9.17, 15) is 14.4 Å². The summed E-state index contributed by atoms with van der Waals surface area (Å²) in [4.78, 5) is 52.9. The normalized spacial score (nSPS) is 16.4. The molecule has 1 aliphatic rings. The molecule has 0 saturated carbocycles. The van der Waals surface area contributed by atoms with Crippen molar-refractivity contribution in [2.75, 3.05) is 40.3 Å². The van der Waals surface area contributed by atoms with Gasteiger partial charge in [0.15, 0.2) is 0 Å². The summed E-state index contributed by atoms with van der Waals surface area (Å²) in [5.41, 5.74) is 0.649. The maximum Gasteiger partial charge on any atom is 0.249 e. The van der Waals surface area contributed by atoms with Gasteiger partial charge in [-0.05, 0) is 59.0 Å². The van der Waals surface area contributed by atoms with Gasteiger partial charge >= 0.3 is 0 Å². The van der Waals surface area contributed by atoms with Gasteiger partial charge in [-0.3, -0.25) is 19.3 Å². The van der Waals surface area contributed by atoms with Crippen LogP contribution in [0.1, 0.15) is 93.9 Å². The first-order valence-corrected chi connectivity index (χ1v) is 14.1. The molecule has 1 rings (SSSR count). The third-order valence-corrected chi connectivity index (χ3v) is 5.96. The molecule has 2 unspecified atom stereocenters. The van der Waals surface area contributed by atoms with E-state index < -0.39 is 6.04 Å². The summed E-state index contributed by atoms with van der Waals surface area (Å²) in [7, 11) is 3.69. The van der Waals surface area contributed by atoms with Gasteiger partial charge in [-0.1, -0.05) is 60.5 Å². The summed E-state index contributed by atoms with van der Waals surface area (Å²) in [5.74, 6) is -0.195. The van der Waals surface area contributed by atoms with E-state index in [1.807, 2.05) is 31.9 Å². The molecule has 1 heterocycles. The minimum absolute atomic E-state index is 0.0240. The van der Waals surface area contributed by atoms with E-state index >= 15 is 0 Å². The molecule has 1 aliphatic heterocycles. The van der Waals surface area contributed by atoms with Crippen molar-refractivity contribution < 1.29 is 19.2 Å². The number of nitrogens with zero attached hydrogens (tertiary/aromatic N) is 3. The van der Waals surface area contributed by atoms with Gasteiger partial charge in [0.2, 0.25) is 17.7 Å². The Morgan fingerprint density at radius 2 is 1.57 bits per heavy atom. The third-order valence-electron chi connectivity index (χ3n) is 5.96. The largest absolute Gasteiger partial charge is 0.343 e. The van der Waals surface area contributed by atoms with Crippen LogP contribution in [0, 0.1) is 5.92 Å². The monoisotopic (exact) mass is 524 g/mol. The van der Waals surface area contributed by atoms with E-state index in [0.717, 1.165) is 58.0 Å². The lowest BCUT2D eigenvalue weighted by Gasteiger charge is -2.34. The zero-order valence-corrected chi connectivity index (χ0v) is 25.4. The van der Waals surface area contributed by atoms with Crippen LogP contribution in [0.2, 0.25) is 0 Å². The van der Waals surface area contributed by atoms with Gasteiger partial charge in [-0.25, -0.2) is 0 Å². The number of hydrogen-bond acceptors (Lipinski definition) is 5. The van der Waals surface area contributed by atoms with Gasteiger partial charge in [-0.2, -0.15) is 0 Å². The van der Waals surface area contributed by atoms with Crippen LogP contribution in [0.25, 0.3) is 0 Å². The van der Waals surface area contributed by atoms with Crippen molar-refractivity contribution in [2.45, 2.75) is 106 Å². The van der Waals surface area contributed by atoms with E-state index in [-0.39, 0.29) is 29.7 Å². The Hall–Kier alpha value is -2.22. The molecule has 1 saturated heterocycles. The number of piperidine rings is 1. The molecule has 1 fully saturated rings. The zero-order valence-electron chi connectivity index (χ0n) is 25.4. The molecule has 2 atom stereocenters. The second-order valence-corrected chi connectivity index (χ2v) is 10.1. The predicted octanol–water partition coefficient (Wildman–Crippen LogP) is 4.29. The molecular formula is C29H56N4O4. The van der Waals surface area contributed by atoms with E-state index in [1.54, 1.807) is 18.9 Å². The molecule has 0 aliphatic carbocycles. The highest BCUT2D eigenvalue weighted by Crippen LogP contribution is 2.16. The predicted molar refractivity (Wildman–Crippen MR) is 153 cm³/mol. The Labute approximate surface area is 227 Å². The van der Waals surface area contributed by atoms with E-state index in [2.05, 4.69) is 37.9 Å². The fraction of sp³-hybridized carbons (Fsp3) is 0.793. The average Bonchev–Trinajstić information content (AvgIpc) is 2.85. The number of nitrogens with one attached hydrogen (secondary N) is 1. The molecule has 8 heteroatoms. The summed E-state index contributed by atoms with van der Waals surface area (Å²) in [6.45, 7) is 18.2. The molecular weight excluding hydrogens is 468 g/mol. The minimum Gasteiger partial charge on any atom is -0.343 e. The number of aldehydes is 1. The molecule has 216 valence electrons. The Kier molecular flexibility index (Phi) is 21.8. The maximum absolute atomic E-state index is 13.1. The van der Waals surface area contributed by atoms with Crippen molar-refractivity contribution in [3.63, 3.8) is 0 Å². The molecule has 0 aromatic carbocycles. The Morgan fingerprint density at radius 1 is 1.05 bits per heavy atom. The number of carbonyl (C=O) groups is 4. The zero-order chi connectivity index (χ0) is 29.0. The van der Waals surface area contributed by atoms with Crippen LogP contribution in [-0.2, 0) is 19.2 Å². The number of rotatable bonds is 11. The molecule has 0 aromatic heterocycles. The van der Waals surface area contributed by atoms with Crippen molar-refractivity contribution in [1.82, 2.24) is 20.0 Å². The van der Waals surface area contributed by atoms with Gasteiger partial charge in [-0.15, -0.1) is 0 Å². The van der Waals surface area contributed by atoms with Crippen molar-refractivity contribution >= 4 is 24.0 Å². The van der Waals surface area contributed by atoms with Crippen LogP contribution in [0.4, 0.5) is 0 Å². The topological polar surface area (TPSA) is 90.0 Å². The van der Waals surface area contributed by atoms with Crippen LogP contribution < -0.4 is 5.32 Å². The first-order chi connectivity index (χ1) is 17.5. The average molecular weight is 525 g/mol. The van der Waals surface area contributed by atoms with Gasteiger partial charge in [0.1, 0.15) is 12.3 Å². The van der Waals surface area contributed by atoms with E-state index in [4.69, 9.17) is 4.79 Å². The van der Waals surface area contributed by atoms with Gasteiger partial charge < -0.3 is 19.9 Å². The van der Waals surface area contributed by atoms with Crippen LogP contribution >= 0.6 is 0 Å². The first kappa shape index (κ1) is 36.9. The van der Waals surface area contributed by atoms with Crippen LogP contribution in [0.3, 0.4) is 0 Å². The minimum atomic E-state index is -0.575. The van der Waals surface area contributed by atoms with Crippen molar-refractivity contribution in [3.05, 3.63) is 11.6 Å². The molecule has 3 amide bonds. The Morgan fingerprint density at radius 3 is 2.00 bits per heavy atom. The standard InChI is InChI=1S/C24H44N4O3.C3H8.C2H4O/c1-8-14-28(15-9-2)23(30)19(5)13-17-27(7)24(31)21(18(3)4)25-22(29)20-12-10-11-16-26(20)6;1-3-2;1-2-3/h13,18,20-21H,8-12,14-17H2,1-7H3,(H,25,29);3H2,1-2H3;2H,1H3/b19-13+;;. The molecule has 0 spiro atoms. The summed E-state index contributed by atoms with van der Waals surface area (Å²) in [6.07, 6.45) is 8.62. The van der Waals surface area contributed by atoms with Crippen LogP contribution in [-0.4, -0.2) is 91.1 Å².